The van der Waals surface area contributed by atoms with Crippen LogP contribution >= 0.6 is 23.4 Å². The fourth-order valence-corrected chi connectivity index (χ4v) is 2.31. The van der Waals surface area contributed by atoms with Crippen LogP contribution in [0.5, 0.6) is 0 Å². The molecular weight excluding hydrogens is 296 g/mol. The number of para-hydroxylation sites is 2. The second-order valence-corrected chi connectivity index (χ2v) is 5.57. The Hall–Kier alpha value is -1.37. The van der Waals surface area contributed by atoms with Crippen LogP contribution in [0.15, 0.2) is 24.3 Å². The topological polar surface area (TPSA) is 80.9 Å². The average molecular weight is 311 g/mol. The molecule has 0 unspecified atom stereocenters. The predicted octanol–water partition coefficient (Wildman–Crippen LogP) is 2.30. The Balaban J connectivity index is 2.16. The highest BCUT2D eigenvalue weighted by molar-refractivity contribution is 7.98. The van der Waals surface area contributed by atoms with Gasteiger partial charge in [-0.1, -0.05) is 23.7 Å². The number of nitrogens with one attached hydrogen (secondary N) is 1. The van der Waals surface area contributed by atoms with E-state index in [0.717, 1.165) is 5.75 Å². The van der Waals surface area contributed by atoms with Crippen molar-refractivity contribution in [2.75, 3.05) is 17.3 Å². The molecule has 0 fully saturated rings. The lowest BCUT2D eigenvalue weighted by atomic mass is 10.2. The molecule has 3 N–H and O–H groups in total. The number of anilines is 1. The van der Waals surface area contributed by atoms with Gasteiger partial charge in [0.15, 0.2) is 11.0 Å². The Morgan fingerprint density at radius 3 is 2.70 bits per heavy atom. The molecule has 5 nitrogen and oxygen atoms in total. The molecule has 2 aromatic rings. The number of benzene rings is 1. The molecule has 0 saturated carbocycles. The van der Waals surface area contributed by atoms with Crippen molar-refractivity contribution in [1.82, 2.24) is 9.97 Å². The van der Waals surface area contributed by atoms with Crippen LogP contribution < -0.4 is 11.1 Å². The van der Waals surface area contributed by atoms with Gasteiger partial charge in [-0.25, -0.2) is 9.97 Å². The summed E-state index contributed by atoms with van der Waals surface area (Å²) >= 11 is 7.67. The average Bonchev–Trinajstić information content (AvgIpc) is 2.45. The Morgan fingerprint density at radius 2 is 2.05 bits per heavy atom. The zero-order chi connectivity index (χ0) is 14.5. The van der Waals surface area contributed by atoms with Gasteiger partial charge in [-0.3, -0.25) is 4.79 Å². The van der Waals surface area contributed by atoms with Crippen LogP contribution in [-0.4, -0.2) is 33.9 Å². The molecular formula is C13H15ClN4OS. The molecule has 7 heteroatoms. The van der Waals surface area contributed by atoms with Crippen molar-refractivity contribution in [3.63, 3.8) is 0 Å². The largest absolute Gasteiger partial charge is 0.320 e. The zero-order valence-corrected chi connectivity index (χ0v) is 12.5. The summed E-state index contributed by atoms with van der Waals surface area (Å²) in [6, 6.07) is 6.74. The van der Waals surface area contributed by atoms with Crippen LogP contribution in [0.3, 0.4) is 0 Å². The van der Waals surface area contributed by atoms with Crippen LogP contribution in [0, 0.1) is 0 Å². The predicted molar refractivity (Wildman–Crippen MR) is 84.2 cm³/mol. The molecule has 1 heterocycles. The molecule has 1 aromatic heterocycles. The number of aromatic nitrogens is 2. The summed E-state index contributed by atoms with van der Waals surface area (Å²) in [5.41, 5.74) is 7.15. The van der Waals surface area contributed by atoms with E-state index in [-0.39, 0.29) is 16.9 Å². The number of rotatable bonds is 5. The molecule has 20 heavy (non-hydrogen) atoms. The quantitative estimate of drug-likeness (QED) is 0.885. The maximum Gasteiger partial charge on any atom is 0.242 e. The highest BCUT2D eigenvalue weighted by atomic mass is 35.5. The number of nitrogens with zero attached hydrogens (tertiary/aromatic N) is 2. The van der Waals surface area contributed by atoms with Crippen molar-refractivity contribution >= 4 is 46.1 Å². The van der Waals surface area contributed by atoms with Crippen molar-refractivity contribution in [2.24, 2.45) is 5.73 Å². The number of nitrogens with two attached hydrogens (primary N) is 1. The van der Waals surface area contributed by atoms with Gasteiger partial charge in [0.1, 0.15) is 0 Å². The number of thioether (sulfide) groups is 1. The van der Waals surface area contributed by atoms with Crippen molar-refractivity contribution in [3.05, 3.63) is 29.4 Å². The lowest BCUT2D eigenvalue weighted by Gasteiger charge is -2.12. The van der Waals surface area contributed by atoms with E-state index in [1.54, 1.807) is 11.8 Å². The van der Waals surface area contributed by atoms with Gasteiger partial charge in [0, 0.05) is 0 Å². The van der Waals surface area contributed by atoms with E-state index in [2.05, 4.69) is 15.3 Å². The summed E-state index contributed by atoms with van der Waals surface area (Å²) in [5.74, 6) is 0.770. The molecule has 0 aliphatic heterocycles. The highest BCUT2D eigenvalue weighted by Gasteiger charge is 2.16. The smallest absolute Gasteiger partial charge is 0.242 e. The lowest BCUT2D eigenvalue weighted by molar-refractivity contribution is -0.117. The molecule has 0 aliphatic rings. The summed E-state index contributed by atoms with van der Waals surface area (Å²) in [7, 11) is 0. The normalized spacial score (nSPS) is 12.3. The van der Waals surface area contributed by atoms with Gasteiger partial charge in [0.2, 0.25) is 5.91 Å². The summed E-state index contributed by atoms with van der Waals surface area (Å²) in [6.45, 7) is 0. The van der Waals surface area contributed by atoms with E-state index in [1.165, 1.54) is 0 Å². The fourth-order valence-electron chi connectivity index (χ4n) is 1.64. The Morgan fingerprint density at radius 1 is 1.40 bits per heavy atom. The van der Waals surface area contributed by atoms with E-state index < -0.39 is 6.04 Å². The van der Waals surface area contributed by atoms with Gasteiger partial charge in [-0.15, -0.1) is 0 Å². The van der Waals surface area contributed by atoms with Gasteiger partial charge in [-0.2, -0.15) is 11.8 Å². The first-order valence-electron chi connectivity index (χ1n) is 6.09. The SMILES string of the molecule is CSCC[C@H](N)C(=O)Nc1nc2ccccc2nc1Cl. The third kappa shape index (κ3) is 3.59. The van der Waals surface area contributed by atoms with Crippen molar-refractivity contribution < 1.29 is 4.79 Å². The summed E-state index contributed by atoms with van der Waals surface area (Å²) in [4.78, 5) is 20.4. The fraction of sp³-hybridized carbons (Fsp3) is 0.308. The maximum absolute atomic E-state index is 11.9. The minimum absolute atomic E-state index is 0.161. The number of hydrogen-bond donors (Lipinski definition) is 2. The van der Waals surface area contributed by atoms with Gasteiger partial charge in [0.25, 0.3) is 0 Å². The number of amides is 1. The van der Waals surface area contributed by atoms with Crippen LogP contribution in [0.2, 0.25) is 5.15 Å². The second-order valence-electron chi connectivity index (χ2n) is 4.23. The number of carbonyl (C=O) groups excluding carboxylic acids is 1. The van der Waals surface area contributed by atoms with Crippen molar-refractivity contribution in [3.8, 4) is 0 Å². The summed E-state index contributed by atoms with van der Waals surface area (Å²) < 4.78 is 0. The molecule has 0 radical (unpaired) electrons. The summed E-state index contributed by atoms with van der Waals surface area (Å²) in [6.07, 6.45) is 2.57. The van der Waals surface area contributed by atoms with E-state index in [1.807, 2.05) is 30.5 Å². The first-order valence-corrected chi connectivity index (χ1v) is 7.86. The van der Waals surface area contributed by atoms with Gasteiger partial charge >= 0.3 is 0 Å². The number of carbonyl (C=O) groups is 1. The zero-order valence-electron chi connectivity index (χ0n) is 11.0. The van der Waals surface area contributed by atoms with Crippen molar-refractivity contribution in [2.45, 2.75) is 12.5 Å². The van der Waals surface area contributed by atoms with Crippen molar-refractivity contribution in [1.29, 1.82) is 0 Å². The summed E-state index contributed by atoms with van der Waals surface area (Å²) in [5, 5.41) is 2.79. The minimum atomic E-state index is -0.577. The van der Waals surface area contributed by atoms with Gasteiger partial charge in [0.05, 0.1) is 17.1 Å². The molecule has 1 atom stereocenters. The van der Waals surface area contributed by atoms with E-state index in [4.69, 9.17) is 17.3 Å². The van der Waals surface area contributed by atoms with E-state index in [9.17, 15) is 4.79 Å². The van der Waals surface area contributed by atoms with Crippen LogP contribution in [0.4, 0.5) is 5.82 Å². The molecule has 1 aromatic carbocycles. The number of halogens is 1. The first-order chi connectivity index (χ1) is 9.61. The standard InChI is InChI=1S/C13H15ClN4OS/c1-20-7-6-8(15)13(19)18-12-11(14)16-9-4-2-3-5-10(9)17-12/h2-5,8H,6-7,15H2,1H3,(H,17,18,19)/t8-/m0/s1. The van der Waals surface area contributed by atoms with E-state index >= 15 is 0 Å². The van der Waals surface area contributed by atoms with Crippen LogP contribution in [-0.2, 0) is 4.79 Å². The first kappa shape index (κ1) is 15.0. The van der Waals surface area contributed by atoms with E-state index in [0.29, 0.717) is 17.5 Å². The third-order valence-corrected chi connectivity index (χ3v) is 3.65. The Kier molecular flexibility index (Phi) is 5.17. The molecule has 1 amide bonds. The minimum Gasteiger partial charge on any atom is -0.320 e. The third-order valence-electron chi connectivity index (χ3n) is 2.74. The number of hydrogen-bond acceptors (Lipinski definition) is 5. The molecule has 0 aliphatic carbocycles. The Bertz CT molecular complexity index is 622. The van der Waals surface area contributed by atoms with Crippen LogP contribution in [0.25, 0.3) is 11.0 Å². The molecule has 2 rings (SSSR count). The molecule has 0 spiro atoms. The van der Waals surface area contributed by atoms with Crippen LogP contribution in [0.1, 0.15) is 6.42 Å². The molecule has 0 saturated heterocycles. The van der Waals surface area contributed by atoms with Gasteiger partial charge < -0.3 is 11.1 Å². The monoisotopic (exact) mass is 310 g/mol. The van der Waals surface area contributed by atoms with Gasteiger partial charge in [-0.05, 0) is 30.6 Å². The maximum atomic E-state index is 11.9. The second kappa shape index (κ2) is 6.88. The lowest BCUT2D eigenvalue weighted by Crippen LogP contribution is -2.36. The number of fused-ring (bicyclic) bond motifs is 1. The molecule has 106 valence electrons. The molecule has 0 bridgehead atoms. The Labute approximate surface area is 126 Å². The highest BCUT2D eigenvalue weighted by Crippen LogP contribution is 2.21.